The lowest BCUT2D eigenvalue weighted by molar-refractivity contribution is -0.156. The maximum Gasteiger partial charge on any atom is 0.311 e. The Morgan fingerprint density at radius 3 is 2.54 bits per heavy atom. The number of allylic oxidation sites excluding steroid dienone is 1. The fourth-order valence-corrected chi connectivity index (χ4v) is 0.944. The van der Waals surface area contributed by atoms with Crippen molar-refractivity contribution in [2.75, 3.05) is 0 Å². The molecule has 0 spiro atoms. The molecule has 0 aliphatic heterocycles. The van der Waals surface area contributed by atoms with Crippen molar-refractivity contribution in [2.45, 2.75) is 33.3 Å². The van der Waals surface area contributed by atoms with Crippen LogP contribution in [-0.2, 0) is 14.3 Å². The molecule has 0 amide bonds. The van der Waals surface area contributed by atoms with E-state index in [-0.39, 0.29) is 17.9 Å². The first kappa shape index (κ1) is 9.96. The van der Waals surface area contributed by atoms with E-state index in [1.807, 2.05) is 0 Å². The Balaban J connectivity index is 2.47. The van der Waals surface area contributed by atoms with Crippen LogP contribution in [0.15, 0.2) is 12.2 Å². The van der Waals surface area contributed by atoms with Gasteiger partial charge in [-0.15, -0.1) is 0 Å². The number of ketones is 1. The summed E-state index contributed by atoms with van der Waals surface area (Å²) in [4.78, 5) is 22.2. The SMILES string of the molecule is CC(C)(C)C(=O)OC1C=CC(=O)C1. The van der Waals surface area contributed by atoms with E-state index in [9.17, 15) is 9.59 Å². The van der Waals surface area contributed by atoms with E-state index >= 15 is 0 Å². The molecule has 1 unspecified atom stereocenters. The van der Waals surface area contributed by atoms with Crippen LogP contribution in [0.3, 0.4) is 0 Å². The summed E-state index contributed by atoms with van der Waals surface area (Å²) in [6, 6.07) is 0. The normalized spacial score (nSPS) is 22.1. The van der Waals surface area contributed by atoms with Gasteiger partial charge in [0.2, 0.25) is 0 Å². The summed E-state index contributed by atoms with van der Waals surface area (Å²) in [6.45, 7) is 5.36. The first-order valence-electron chi connectivity index (χ1n) is 4.32. The van der Waals surface area contributed by atoms with Crippen molar-refractivity contribution in [3.8, 4) is 0 Å². The van der Waals surface area contributed by atoms with Crippen LogP contribution >= 0.6 is 0 Å². The molecule has 1 atom stereocenters. The molecule has 0 bridgehead atoms. The van der Waals surface area contributed by atoms with Gasteiger partial charge in [0.25, 0.3) is 0 Å². The van der Waals surface area contributed by atoms with Gasteiger partial charge < -0.3 is 4.74 Å². The lowest BCUT2D eigenvalue weighted by Crippen LogP contribution is -2.27. The van der Waals surface area contributed by atoms with Crippen molar-refractivity contribution in [1.29, 1.82) is 0 Å². The van der Waals surface area contributed by atoms with Crippen molar-refractivity contribution < 1.29 is 14.3 Å². The molecule has 0 N–H and O–H groups in total. The zero-order valence-corrected chi connectivity index (χ0v) is 8.16. The van der Waals surface area contributed by atoms with Crippen LogP contribution in [0.5, 0.6) is 0 Å². The largest absolute Gasteiger partial charge is 0.457 e. The Hall–Kier alpha value is -1.12. The van der Waals surface area contributed by atoms with Gasteiger partial charge in [0.15, 0.2) is 5.78 Å². The molecule has 72 valence electrons. The third-order valence-corrected chi connectivity index (χ3v) is 1.77. The van der Waals surface area contributed by atoms with E-state index in [0.29, 0.717) is 6.42 Å². The highest BCUT2D eigenvalue weighted by molar-refractivity contribution is 5.93. The molecular formula is C10H14O3. The summed E-state index contributed by atoms with van der Waals surface area (Å²) in [5, 5.41) is 0. The summed E-state index contributed by atoms with van der Waals surface area (Å²) >= 11 is 0. The average molecular weight is 182 g/mol. The molecule has 0 aromatic carbocycles. The zero-order valence-electron chi connectivity index (χ0n) is 8.16. The Morgan fingerprint density at radius 2 is 2.15 bits per heavy atom. The molecule has 1 aliphatic carbocycles. The van der Waals surface area contributed by atoms with Gasteiger partial charge in [0, 0.05) is 0 Å². The predicted molar refractivity (Wildman–Crippen MR) is 48.1 cm³/mol. The minimum Gasteiger partial charge on any atom is -0.457 e. The highest BCUT2D eigenvalue weighted by Crippen LogP contribution is 2.19. The van der Waals surface area contributed by atoms with E-state index in [1.54, 1.807) is 26.8 Å². The fraction of sp³-hybridized carbons (Fsp3) is 0.600. The Bertz CT molecular complexity index is 258. The summed E-state index contributed by atoms with van der Waals surface area (Å²) in [5.41, 5.74) is -0.501. The second-order valence-electron chi connectivity index (χ2n) is 4.22. The molecule has 0 heterocycles. The maximum atomic E-state index is 11.4. The van der Waals surface area contributed by atoms with Gasteiger partial charge in [-0.2, -0.15) is 0 Å². The van der Waals surface area contributed by atoms with E-state index in [0.717, 1.165) is 0 Å². The molecular weight excluding hydrogens is 168 g/mol. The number of carbonyl (C=O) groups excluding carboxylic acids is 2. The molecule has 1 aliphatic rings. The van der Waals surface area contributed by atoms with Crippen molar-refractivity contribution in [3.05, 3.63) is 12.2 Å². The molecule has 0 saturated heterocycles. The number of rotatable bonds is 1. The van der Waals surface area contributed by atoms with E-state index in [1.165, 1.54) is 6.08 Å². The first-order valence-corrected chi connectivity index (χ1v) is 4.32. The van der Waals surface area contributed by atoms with Gasteiger partial charge >= 0.3 is 5.97 Å². The van der Waals surface area contributed by atoms with Crippen LogP contribution in [0.25, 0.3) is 0 Å². The second-order valence-corrected chi connectivity index (χ2v) is 4.22. The standard InChI is InChI=1S/C10H14O3/c1-10(2,3)9(12)13-8-5-4-7(11)6-8/h4-5,8H,6H2,1-3H3. The lowest BCUT2D eigenvalue weighted by atomic mass is 9.97. The topological polar surface area (TPSA) is 43.4 Å². The molecule has 1 rings (SSSR count). The highest BCUT2D eigenvalue weighted by Gasteiger charge is 2.27. The van der Waals surface area contributed by atoms with Crippen LogP contribution in [0.1, 0.15) is 27.2 Å². The number of ether oxygens (including phenoxy) is 1. The van der Waals surface area contributed by atoms with Gasteiger partial charge in [0.1, 0.15) is 6.10 Å². The Kier molecular flexibility index (Phi) is 2.55. The molecule has 0 aromatic heterocycles. The zero-order chi connectivity index (χ0) is 10.1. The number of hydrogen-bond acceptors (Lipinski definition) is 3. The van der Waals surface area contributed by atoms with Crippen LogP contribution in [0.2, 0.25) is 0 Å². The smallest absolute Gasteiger partial charge is 0.311 e. The van der Waals surface area contributed by atoms with Crippen LogP contribution < -0.4 is 0 Å². The molecule has 3 heteroatoms. The molecule has 0 radical (unpaired) electrons. The van der Waals surface area contributed by atoms with Crippen LogP contribution in [0, 0.1) is 5.41 Å². The first-order chi connectivity index (χ1) is 5.89. The van der Waals surface area contributed by atoms with Crippen molar-refractivity contribution in [1.82, 2.24) is 0 Å². The van der Waals surface area contributed by atoms with Crippen molar-refractivity contribution in [3.63, 3.8) is 0 Å². The number of hydrogen-bond donors (Lipinski definition) is 0. The monoisotopic (exact) mass is 182 g/mol. The lowest BCUT2D eigenvalue weighted by Gasteiger charge is -2.19. The Morgan fingerprint density at radius 1 is 1.54 bits per heavy atom. The summed E-state index contributed by atoms with van der Waals surface area (Å²) in [5.74, 6) is -0.247. The van der Waals surface area contributed by atoms with Gasteiger partial charge in [-0.25, -0.2) is 0 Å². The van der Waals surface area contributed by atoms with E-state index < -0.39 is 5.41 Å². The van der Waals surface area contributed by atoms with Crippen molar-refractivity contribution in [2.24, 2.45) is 5.41 Å². The number of carbonyl (C=O) groups is 2. The Labute approximate surface area is 77.8 Å². The molecule has 0 saturated carbocycles. The minimum atomic E-state index is -0.501. The second kappa shape index (κ2) is 3.32. The van der Waals surface area contributed by atoms with Crippen molar-refractivity contribution >= 4 is 11.8 Å². The van der Waals surface area contributed by atoms with Gasteiger partial charge in [-0.1, -0.05) is 0 Å². The average Bonchev–Trinajstić information content (AvgIpc) is 2.33. The highest BCUT2D eigenvalue weighted by atomic mass is 16.5. The third-order valence-electron chi connectivity index (χ3n) is 1.77. The molecule has 0 fully saturated rings. The summed E-state index contributed by atoms with van der Waals surface area (Å²) < 4.78 is 5.10. The molecule has 13 heavy (non-hydrogen) atoms. The minimum absolute atomic E-state index is 0.0201. The molecule has 3 nitrogen and oxygen atoms in total. The fourth-order valence-electron chi connectivity index (χ4n) is 0.944. The quantitative estimate of drug-likeness (QED) is 0.577. The number of esters is 1. The summed E-state index contributed by atoms with van der Waals surface area (Å²) in [6.07, 6.45) is 3.04. The van der Waals surface area contributed by atoms with E-state index in [2.05, 4.69) is 0 Å². The van der Waals surface area contributed by atoms with Gasteiger partial charge in [-0.05, 0) is 32.9 Å². The predicted octanol–water partition coefficient (Wildman–Crippen LogP) is 1.47. The van der Waals surface area contributed by atoms with Crippen LogP contribution in [-0.4, -0.2) is 17.9 Å². The third kappa shape index (κ3) is 2.68. The van der Waals surface area contributed by atoms with Gasteiger partial charge in [0.05, 0.1) is 11.8 Å². The van der Waals surface area contributed by atoms with Crippen LogP contribution in [0.4, 0.5) is 0 Å². The molecule has 0 aromatic rings. The van der Waals surface area contributed by atoms with E-state index in [4.69, 9.17) is 4.74 Å². The maximum absolute atomic E-state index is 11.4. The summed E-state index contributed by atoms with van der Waals surface area (Å²) in [7, 11) is 0. The van der Waals surface area contributed by atoms with Gasteiger partial charge in [-0.3, -0.25) is 9.59 Å².